The Kier molecular flexibility index (Phi) is 3.18. The number of para-hydroxylation sites is 1. The van der Waals surface area contributed by atoms with Crippen molar-refractivity contribution >= 4 is 32.9 Å². The number of fused-ring (bicyclic) bond motifs is 1. The maximum atomic E-state index is 5.30. The molecule has 80 valence electrons. The van der Waals surface area contributed by atoms with E-state index in [1.807, 2.05) is 31.2 Å². The average molecular weight is 229 g/mol. The average Bonchev–Trinajstić information content (AvgIpc) is 2.72. The number of terminal acetylenes is 1. The van der Waals surface area contributed by atoms with Gasteiger partial charge in [0.05, 0.1) is 10.2 Å². The number of hydrogen-bond acceptors (Lipinski definition) is 4. The summed E-state index contributed by atoms with van der Waals surface area (Å²) in [6, 6.07) is 8.00. The summed E-state index contributed by atoms with van der Waals surface area (Å²) >= 11 is 1.59. The normalized spacial score (nSPS) is 10.8. The number of benzene rings is 1. The largest absolute Gasteiger partial charge is 0.227 e. The van der Waals surface area contributed by atoms with Gasteiger partial charge in [0.2, 0.25) is 5.13 Å². The fraction of sp³-hybridized carbons (Fsp3) is 0.167. The van der Waals surface area contributed by atoms with E-state index < -0.39 is 0 Å². The summed E-state index contributed by atoms with van der Waals surface area (Å²) in [4.78, 5) is 4.49. The number of thiazole rings is 1. The lowest BCUT2D eigenvalue weighted by molar-refractivity contribution is 0.952. The highest BCUT2D eigenvalue weighted by molar-refractivity contribution is 7.22. The number of anilines is 1. The smallest absolute Gasteiger partial charge is 0.208 e. The van der Waals surface area contributed by atoms with Crippen LogP contribution in [0.25, 0.3) is 10.2 Å². The van der Waals surface area contributed by atoms with E-state index in [0.29, 0.717) is 6.54 Å². The molecule has 0 aliphatic carbocycles. The predicted octanol–water partition coefficient (Wildman–Crippen LogP) is 2.74. The Hall–Kier alpha value is -1.86. The maximum absolute atomic E-state index is 5.30. The number of hydrazone groups is 1. The van der Waals surface area contributed by atoms with Gasteiger partial charge in [-0.1, -0.05) is 29.4 Å². The molecule has 0 bridgehead atoms. The molecule has 0 saturated carbocycles. The minimum absolute atomic E-state index is 0.435. The summed E-state index contributed by atoms with van der Waals surface area (Å²) in [5.74, 6) is 2.57. The first-order valence-corrected chi connectivity index (χ1v) is 5.72. The highest BCUT2D eigenvalue weighted by Crippen LogP contribution is 2.28. The summed E-state index contributed by atoms with van der Waals surface area (Å²) in [5, 5.41) is 6.75. The maximum Gasteiger partial charge on any atom is 0.208 e. The van der Waals surface area contributed by atoms with Crippen LogP contribution in [0.15, 0.2) is 29.4 Å². The minimum Gasteiger partial charge on any atom is -0.227 e. The van der Waals surface area contributed by atoms with Gasteiger partial charge in [-0.05, 0) is 19.1 Å². The molecule has 0 amide bonds. The second kappa shape index (κ2) is 4.77. The van der Waals surface area contributed by atoms with Crippen molar-refractivity contribution in [3.8, 4) is 12.3 Å². The van der Waals surface area contributed by atoms with Gasteiger partial charge in [-0.25, -0.2) is 9.99 Å². The molecule has 1 aromatic heterocycles. The van der Waals surface area contributed by atoms with Crippen LogP contribution in [-0.4, -0.2) is 17.7 Å². The van der Waals surface area contributed by atoms with Gasteiger partial charge in [0.25, 0.3) is 0 Å². The molecule has 1 aromatic carbocycles. The van der Waals surface area contributed by atoms with E-state index in [-0.39, 0.29) is 0 Å². The highest BCUT2D eigenvalue weighted by atomic mass is 32.1. The number of rotatable bonds is 3. The van der Waals surface area contributed by atoms with Gasteiger partial charge < -0.3 is 0 Å². The molecule has 0 radical (unpaired) electrons. The molecule has 0 spiro atoms. The Morgan fingerprint density at radius 2 is 2.38 bits per heavy atom. The van der Waals surface area contributed by atoms with Gasteiger partial charge in [-0.2, -0.15) is 5.10 Å². The lowest BCUT2D eigenvalue weighted by Gasteiger charge is -2.10. The quantitative estimate of drug-likeness (QED) is 0.460. The van der Waals surface area contributed by atoms with Crippen LogP contribution in [0.5, 0.6) is 0 Å². The van der Waals surface area contributed by atoms with Crippen molar-refractivity contribution in [2.45, 2.75) is 6.92 Å². The van der Waals surface area contributed by atoms with E-state index >= 15 is 0 Å². The van der Waals surface area contributed by atoms with Crippen molar-refractivity contribution in [1.82, 2.24) is 4.98 Å². The summed E-state index contributed by atoms with van der Waals surface area (Å²) in [6.07, 6.45) is 7.01. The van der Waals surface area contributed by atoms with Crippen LogP contribution in [0.4, 0.5) is 5.13 Å². The summed E-state index contributed by atoms with van der Waals surface area (Å²) in [6.45, 7) is 2.29. The third-order valence-electron chi connectivity index (χ3n) is 2.00. The molecule has 3 nitrogen and oxygen atoms in total. The van der Waals surface area contributed by atoms with Crippen molar-refractivity contribution in [3.63, 3.8) is 0 Å². The zero-order valence-electron chi connectivity index (χ0n) is 8.92. The van der Waals surface area contributed by atoms with E-state index in [1.54, 1.807) is 22.6 Å². The zero-order valence-corrected chi connectivity index (χ0v) is 9.74. The van der Waals surface area contributed by atoms with Crippen LogP contribution >= 0.6 is 11.3 Å². The van der Waals surface area contributed by atoms with Crippen molar-refractivity contribution in [3.05, 3.63) is 24.3 Å². The van der Waals surface area contributed by atoms with Gasteiger partial charge in [-0.15, -0.1) is 6.42 Å². The molecule has 0 aliphatic heterocycles. The molecule has 1 heterocycles. The monoisotopic (exact) mass is 229 g/mol. The van der Waals surface area contributed by atoms with E-state index in [4.69, 9.17) is 6.42 Å². The lowest BCUT2D eigenvalue weighted by Crippen LogP contribution is -2.15. The summed E-state index contributed by atoms with van der Waals surface area (Å²) in [7, 11) is 0. The first kappa shape index (κ1) is 10.7. The third kappa shape index (κ3) is 2.05. The van der Waals surface area contributed by atoms with Crippen LogP contribution in [0.3, 0.4) is 0 Å². The van der Waals surface area contributed by atoms with E-state index in [2.05, 4.69) is 16.0 Å². The fourth-order valence-corrected chi connectivity index (χ4v) is 2.28. The molecule has 4 heteroatoms. The van der Waals surface area contributed by atoms with Crippen LogP contribution < -0.4 is 5.01 Å². The van der Waals surface area contributed by atoms with Gasteiger partial charge in [0.1, 0.15) is 6.54 Å². The Morgan fingerprint density at radius 1 is 1.56 bits per heavy atom. The Labute approximate surface area is 98.4 Å². The second-order valence-electron chi connectivity index (χ2n) is 3.10. The molecule has 0 atom stereocenters. The molecule has 0 fully saturated rings. The summed E-state index contributed by atoms with van der Waals surface area (Å²) < 4.78 is 1.14. The molecule has 0 N–H and O–H groups in total. The molecule has 0 unspecified atom stereocenters. The molecule has 16 heavy (non-hydrogen) atoms. The van der Waals surface area contributed by atoms with Gasteiger partial charge in [0.15, 0.2) is 0 Å². The van der Waals surface area contributed by atoms with Crippen LogP contribution in [0.2, 0.25) is 0 Å². The molecule has 0 saturated heterocycles. The molecule has 2 rings (SSSR count). The summed E-state index contributed by atoms with van der Waals surface area (Å²) in [5.41, 5.74) is 0.982. The topological polar surface area (TPSA) is 28.5 Å². The second-order valence-corrected chi connectivity index (χ2v) is 4.11. The van der Waals surface area contributed by atoms with Crippen LogP contribution in [-0.2, 0) is 0 Å². The van der Waals surface area contributed by atoms with Crippen molar-refractivity contribution < 1.29 is 0 Å². The van der Waals surface area contributed by atoms with Gasteiger partial charge >= 0.3 is 0 Å². The third-order valence-corrected chi connectivity index (χ3v) is 3.05. The first-order valence-electron chi connectivity index (χ1n) is 4.90. The Bertz CT molecular complexity index is 518. The van der Waals surface area contributed by atoms with E-state index in [0.717, 1.165) is 15.3 Å². The number of nitrogens with zero attached hydrogens (tertiary/aromatic N) is 3. The number of aromatic nitrogens is 1. The minimum atomic E-state index is 0.435. The van der Waals surface area contributed by atoms with Crippen molar-refractivity contribution in [2.24, 2.45) is 5.10 Å². The predicted molar refractivity (Wildman–Crippen MR) is 70.0 cm³/mol. The molecule has 0 aliphatic rings. The van der Waals surface area contributed by atoms with Gasteiger partial charge in [-0.3, -0.25) is 0 Å². The standard InChI is InChI=1S/C12H11N3S/c1-3-9-15(13-4-2)12-14-10-7-5-6-8-11(10)16-12/h1,4-8H,9H2,2H3/b13-4+. The SMILES string of the molecule is C#CCN(/N=C/C)c1nc2ccccc2s1. The van der Waals surface area contributed by atoms with Crippen molar-refractivity contribution in [2.75, 3.05) is 11.6 Å². The van der Waals surface area contributed by atoms with E-state index in [1.165, 1.54) is 0 Å². The fourth-order valence-electron chi connectivity index (χ4n) is 1.35. The van der Waals surface area contributed by atoms with Gasteiger partial charge in [0, 0.05) is 6.21 Å². The Balaban J connectivity index is 2.41. The molecular weight excluding hydrogens is 218 g/mol. The number of hydrogen-bond donors (Lipinski definition) is 0. The molecule has 2 aromatic rings. The van der Waals surface area contributed by atoms with Crippen LogP contribution in [0.1, 0.15) is 6.92 Å². The Morgan fingerprint density at radius 3 is 3.06 bits per heavy atom. The first-order chi connectivity index (χ1) is 7.85. The highest BCUT2D eigenvalue weighted by Gasteiger charge is 2.09. The molecular formula is C12H11N3S. The van der Waals surface area contributed by atoms with E-state index in [9.17, 15) is 0 Å². The zero-order chi connectivity index (χ0) is 11.4. The lowest BCUT2D eigenvalue weighted by atomic mass is 10.3. The van der Waals surface area contributed by atoms with Crippen molar-refractivity contribution in [1.29, 1.82) is 0 Å². The van der Waals surface area contributed by atoms with Crippen LogP contribution in [0, 0.1) is 12.3 Å².